The van der Waals surface area contributed by atoms with Gasteiger partial charge in [-0.3, -0.25) is 9.59 Å². The molecule has 0 bridgehead atoms. The number of ether oxygens (including phenoxy) is 1. The number of pyridine rings is 1. The van der Waals surface area contributed by atoms with Gasteiger partial charge in [-0.25, -0.2) is 4.98 Å². The minimum Gasteiger partial charge on any atom is -0.466 e. The molecule has 0 spiro atoms. The monoisotopic (exact) mass is 298 g/mol. The van der Waals surface area contributed by atoms with Crippen LogP contribution in [0.5, 0.6) is 0 Å². The van der Waals surface area contributed by atoms with Gasteiger partial charge in [-0.05, 0) is 31.9 Å². The first-order valence-corrected chi connectivity index (χ1v) is 7.06. The van der Waals surface area contributed by atoms with E-state index in [0.29, 0.717) is 30.3 Å². The van der Waals surface area contributed by atoms with Crippen LogP contribution in [0.3, 0.4) is 0 Å². The molecule has 0 aromatic carbocycles. The molecule has 20 heavy (non-hydrogen) atoms. The van der Waals surface area contributed by atoms with Gasteiger partial charge >= 0.3 is 5.97 Å². The first-order valence-electron chi connectivity index (χ1n) is 6.69. The second kappa shape index (κ2) is 9.31. The topological polar surface area (TPSA) is 68.3 Å². The zero-order valence-corrected chi connectivity index (χ0v) is 12.3. The highest BCUT2D eigenvalue weighted by Gasteiger charge is 2.05. The first-order chi connectivity index (χ1) is 9.63. The number of amides is 1. The minimum atomic E-state index is -0.167. The van der Waals surface area contributed by atoms with Crippen molar-refractivity contribution >= 4 is 23.5 Å². The van der Waals surface area contributed by atoms with E-state index < -0.39 is 0 Å². The van der Waals surface area contributed by atoms with Crippen LogP contribution in [0.1, 0.15) is 43.0 Å². The van der Waals surface area contributed by atoms with Crippen molar-refractivity contribution in [3.63, 3.8) is 0 Å². The third-order valence-electron chi connectivity index (χ3n) is 2.64. The first kappa shape index (κ1) is 16.4. The molecule has 1 aromatic rings. The fourth-order valence-electron chi connectivity index (χ4n) is 1.65. The Bertz CT molecular complexity index is 452. The number of unbranched alkanes of at least 4 members (excludes halogenated alkanes) is 2. The van der Waals surface area contributed by atoms with Crippen molar-refractivity contribution < 1.29 is 14.3 Å². The molecule has 0 radical (unpaired) electrons. The molecule has 1 N–H and O–H groups in total. The van der Waals surface area contributed by atoms with Gasteiger partial charge < -0.3 is 10.1 Å². The van der Waals surface area contributed by atoms with E-state index in [4.69, 9.17) is 16.3 Å². The molecule has 6 heteroatoms. The van der Waals surface area contributed by atoms with Crippen molar-refractivity contribution in [3.05, 3.63) is 29.0 Å². The molecule has 0 fully saturated rings. The molecule has 0 unspecified atom stereocenters. The summed E-state index contributed by atoms with van der Waals surface area (Å²) >= 11 is 5.71. The Morgan fingerprint density at radius 1 is 1.35 bits per heavy atom. The van der Waals surface area contributed by atoms with Gasteiger partial charge in [-0.1, -0.05) is 18.0 Å². The van der Waals surface area contributed by atoms with Crippen LogP contribution in [0, 0.1) is 0 Å². The van der Waals surface area contributed by atoms with Crippen molar-refractivity contribution in [2.75, 3.05) is 13.2 Å². The van der Waals surface area contributed by atoms with E-state index in [2.05, 4.69) is 10.3 Å². The molecule has 1 amide bonds. The number of hydrogen-bond donors (Lipinski definition) is 1. The Morgan fingerprint density at radius 3 is 2.85 bits per heavy atom. The van der Waals surface area contributed by atoms with E-state index in [1.807, 2.05) is 0 Å². The third kappa shape index (κ3) is 6.52. The number of carbonyl (C=O) groups is 2. The second-order valence-corrected chi connectivity index (χ2v) is 4.63. The van der Waals surface area contributed by atoms with Gasteiger partial charge in [0.15, 0.2) is 0 Å². The highest BCUT2D eigenvalue weighted by Crippen LogP contribution is 2.07. The fraction of sp³-hybridized carbons (Fsp3) is 0.500. The Hall–Kier alpha value is -1.62. The van der Waals surface area contributed by atoms with Crippen LogP contribution in [0.2, 0.25) is 5.15 Å². The average molecular weight is 299 g/mol. The van der Waals surface area contributed by atoms with E-state index >= 15 is 0 Å². The normalized spacial score (nSPS) is 10.1. The largest absolute Gasteiger partial charge is 0.466 e. The molecule has 0 atom stereocenters. The lowest BCUT2D eigenvalue weighted by atomic mass is 10.2. The van der Waals surface area contributed by atoms with Crippen LogP contribution < -0.4 is 5.32 Å². The summed E-state index contributed by atoms with van der Waals surface area (Å²) in [5.74, 6) is -0.331. The molecular weight excluding hydrogens is 280 g/mol. The maximum Gasteiger partial charge on any atom is 0.305 e. The predicted molar refractivity (Wildman–Crippen MR) is 76.7 cm³/mol. The lowest BCUT2D eigenvalue weighted by Gasteiger charge is -2.05. The van der Waals surface area contributed by atoms with Crippen molar-refractivity contribution in [3.8, 4) is 0 Å². The van der Waals surface area contributed by atoms with Gasteiger partial charge in [0.2, 0.25) is 0 Å². The summed E-state index contributed by atoms with van der Waals surface area (Å²) in [4.78, 5) is 26.7. The molecular formula is C14H19ClN2O3. The van der Waals surface area contributed by atoms with Gasteiger partial charge in [0.05, 0.1) is 6.61 Å². The smallest absolute Gasteiger partial charge is 0.305 e. The van der Waals surface area contributed by atoms with E-state index in [-0.39, 0.29) is 11.9 Å². The maximum atomic E-state index is 11.8. The molecule has 0 aliphatic heterocycles. The Labute approximate surface area is 123 Å². The molecule has 0 saturated carbocycles. The number of nitrogens with one attached hydrogen (secondary N) is 1. The van der Waals surface area contributed by atoms with Crippen LogP contribution in [-0.2, 0) is 9.53 Å². The molecule has 1 aromatic heterocycles. The molecule has 5 nitrogen and oxygen atoms in total. The third-order valence-corrected chi connectivity index (χ3v) is 2.84. The highest BCUT2D eigenvalue weighted by molar-refractivity contribution is 6.29. The zero-order valence-electron chi connectivity index (χ0n) is 11.5. The lowest BCUT2D eigenvalue weighted by molar-refractivity contribution is -0.143. The summed E-state index contributed by atoms with van der Waals surface area (Å²) in [6, 6.07) is 3.14. The van der Waals surface area contributed by atoms with Crippen molar-refractivity contribution in [1.82, 2.24) is 10.3 Å². The molecule has 1 heterocycles. The van der Waals surface area contributed by atoms with Gasteiger partial charge in [0.25, 0.3) is 5.91 Å². The lowest BCUT2D eigenvalue weighted by Crippen LogP contribution is -2.24. The number of rotatable bonds is 8. The number of hydrogen-bond acceptors (Lipinski definition) is 4. The number of esters is 1. The summed E-state index contributed by atoms with van der Waals surface area (Å²) in [7, 11) is 0. The van der Waals surface area contributed by atoms with Crippen LogP contribution in [-0.4, -0.2) is 30.0 Å². The number of aromatic nitrogens is 1. The standard InChI is InChI=1S/C14H19ClN2O3/c1-2-20-13(18)6-4-3-5-8-17-14(19)11-7-9-16-12(15)10-11/h7,9-10H,2-6,8H2,1H3,(H,17,19). The Balaban J connectivity index is 2.12. The average Bonchev–Trinajstić information content (AvgIpc) is 2.42. The summed E-state index contributed by atoms with van der Waals surface area (Å²) < 4.78 is 4.83. The van der Waals surface area contributed by atoms with Crippen LogP contribution in [0.4, 0.5) is 0 Å². The van der Waals surface area contributed by atoms with Crippen molar-refractivity contribution in [1.29, 1.82) is 0 Å². The minimum absolute atomic E-state index is 0.164. The molecule has 0 aliphatic rings. The molecule has 110 valence electrons. The van der Waals surface area contributed by atoms with Crippen LogP contribution in [0.15, 0.2) is 18.3 Å². The Kier molecular flexibility index (Phi) is 7.65. The van der Waals surface area contributed by atoms with Crippen molar-refractivity contribution in [2.45, 2.75) is 32.6 Å². The van der Waals surface area contributed by atoms with E-state index in [9.17, 15) is 9.59 Å². The number of nitrogens with zero attached hydrogens (tertiary/aromatic N) is 1. The summed E-state index contributed by atoms with van der Waals surface area (Å²) in [5, 5.41) is 3.10. The van der Waals surface area contributed by atoms with Gasteiger partial charge in [0, 0.05) is 24.7 Å². The SMILES string of the molecule is CCOC(=O)CCCCCNC(=O)c1ccnc(Cl)c1. The predicted octanol–water partition coefficient (Wildman–Crippen LogP) is 2.59. The summed E-state index contributed by atoms with van der Waals surface area (Å²) in [6.45, 7) is 2.78. The van der Waals surface area contributed by atoms with Crippen LogP contribution in [0.25, 0.3) is 0 Å². The number of halogens is 1. The quantitative estimate of drug-likeness (QED) is 0.455. The maximum absolute atomic E-state index is 11.8. The van der Waals surface area contributed by atoms with Crippen molar-refractivity contribution in [2.24, 2.45) is 0 Å². The molecule has 0 aliphatic carbocycles. The summed E-state index contributed by atoms with van der Waals surface area (Å²) in [5.41, 5.74) is 0.497. The molecule has 0 saturated heterocycles. The van der Waals surface area contributed by atoms with E-state index in [1.165, 1.54) is 12.3 Å². The van der Waals surface area contributed by atoms with E-state index in [0.717, 1.165) is 19.3 Å². The van der Waals surface area contributed by atoms with Gasteiger partial charge in [-0.15, -0.1) is 0 Å². The number of carbonyl (C=O) groups excluding carboxylic acids is 2. The molecule has 1 rings (SSSR count). The van der Waals surface area contributed by atoms with E-state index in [1.54, 1.807) is 13.0 Å². The zero-order chi connectivity index (χ0) is 14.8. The highest BCUT2D eigenvalue weighted by atomic mass is 35.5. The van der Waals surface area contributed by atoms with Crippen LogP contribution >= 0.6 is 11.6 Å². The van der Waals surface area contributed by atoms with Gasteiger partial charge in [0.1, 0.15) is 5.15 Å². The Morgan fingerprint density at radius 2 is 2.15 bits per heavy atom. The fourth-order valence-corrected chi connectivity index (χ4v) is 1.83. The van der Waals surface area contributed by atoms with Gasteiger partial charge in [-0.2, -0.15) is 0 Å². The second-order valence-electron chi connectivity index (χ2n) is 4.24. The summed E-state index contributed by atoms with van der Waals surface area (Å²) in [6.07, 6.45) is 4.40.